The lowest BCUT2D eigenvalue weighted by molar-refractivity contribution is 0.306. The number of aromatic nitrogens is 3. The molecule has 0 aliphatic carbocycles. The number of aryl methyl sites for hydroxylation is 1. The first-order chi connectivity index (χ1) is 13.0. The normalized spacial score (nSPS) is 10.9. The predicted molar refractivity (Wildman–Crippen MR) is 106 cm³/mol. The molecule has 0 radical (unpaired) electrons. The average molecular weight is 404 g/mol. The summed E-state index contributed by atoms with van der Waals surface area (Å²) >= 11 is 11.9. The van der Waals surface area contributed by atoms with Crippen molar-refractivity contribution in [1.29, 1.82) is 0 Å². The van der Waals surface area contributed by atoms with Crippen LogP contribution in [-0.4, -0.2) is 21.4 Å². The SMILES string of the molecule is Cc1n[nH]c(=O)nc1N/N=C\c1ccc(OCc2ccc(Cl)c(Cl)c2)cc1. The van der Waals surface area contributed by atoms with Crippen LogP contribution in [0.5, 0.6) is 5.75 Å². The highest BCUT2D eigenvalue weighted by molar-refractivity contribution is 6.42. The summed E-state index contributed by atoms with van der Waals surface area (Å²) in [4.78, 5) is 14.9. The van der Waals surface area contributed by atoms with Crippen LogP contribution in [0.15, 0.2) is 52.4 Å². The van der Waals surface area contributed by atoms with E-state index in [9.17, 15) is 4.79 Å². The van der Waals surface area contributed by atoms with Gasteiger partial charge in [-0.05, 0) is 54.4 Å². The number of H-pyrrole nitrogens is 1. The maximum Gasteiger partial charge on any atom is 0.363 e. The summed E-state index contributed by atoms with van der Waals surface area (Å²) in [5.74, 6) is 1.01. The van der Waals surface area contributed by atoms with Crippen LogP contribution < -0.4 is 15.9 Å². The lowest BCUT2D eigenvalue weighted by Gasteiger charge is -2.07. The molecule has 1 aromatic heterocycles. The molecule has 2 N–H and O–H groups in total. The van der Waals surface area contributed by atoms with E-state index < -0.39 is 5.69 Å². The van der Waals surface area contributed by atoms with Gasteiger partial charge in [0, 0.05) is 0 Å². The Bertz CT molecular complexity index is 1020. The molecule has 0 saturated carbocycles. The number of aromatic amines is 1. The van der Waals surface area contributed by atoms with Crippen LogP contribution in [0.3, 0.4) is 0 Å². The molecule has 0 aliphatic heterocycles. The lowest BCUT2D eigenvalue weighted by Crippen LogP contribution is -2.15. The maximum atomic E-state index is 11.2. The van der Waals surface area contributed by atoms with Crippen molar-refractivity contribution < 1.29 is 4.74 Å². The zero-order chi connectivity index (χ0) is 19.2. The number of nitrogens with one attached hydrogen (secondary N) is 2. The van der Waals surface area contributed by atoms with E-state index in [1.807, 2.05) is 30.3 Å². The third-order valence-electron chi connectivity index (χ3n) is 3.53. The van der Waals surface area contributed by atoms with Crippen molar-refractivity contribution in [3.05, 3.63) is 79.8 Å². The lowest BCUT2D eigenvalue weighted by atomic mass is 10.2. The first-order valence-electron chi connectivity index (χ1n) is 7.90. The summed E-state index contributed by atoms with van der Waals surface area (Å²) in [6.07, 6.45) is 1.60. The van der Waals surface area contributed by atoms with Gasteiger partial charge in [0.15, 0.2) is 5.82 Å². The maximum absolute atomic E-state index is 11.2. The molecule has 0 unspecified atom stereocenters. The Labute approximate surface area is 165 Å². The van der Waals surface area contributed by atoms with Crippen molar-refractivity contribution in [3.63, 3.8) is 0 Å². The molecule has 0 bridgehead atoms. The van der Waals surface area contributed by atoms with E-state index in [-0.39, 0.29) is 0 Å². The number of nitrogens with zero attached hydrogens (tertiary/aromatic N) is 3. The van der Waals surface area contributed by atoms with Crippen LogP contribution in [0.1, 0.15) is 16.8 Å². The Morgan fingerprint density at radius 1 is 1.19 bits per heavy atom. The van der Waals surface area contributed by atoms with E-state index in [4.69, 9.17) is 27.9 Å². The van der Waals surface area contributed by atoms with Gasteiger partial charge in [-0.15, -0.1) is 0 Å². The molecule has 3 rings (SSSR count). The number of benzene rings is 2. The first kappa shape index (κ1) is 18.9. The topological polar surface area (TPSA) is 92.3 Å². The molecule has 0 aliphatic rings. The highest BCUT2D eigenvalue weighted by Gasteiger charge is 2.02. The van der Waals surface area contributed by atoms with Crippen molar-refractivity contribution in [2.45, 2.75) is 13.5 Å². The van der Waals surface area contributed by atoms with Gasteiger partial charge in [-0.3, -0.25) is 5.43 Å². The standard InChI is InChI=1S/C18H15Cl2N5O2/c1-11-17(22-18(26)25-23-11)24-21-9-12-2-5-14(6-3-12)27-10-13-4-7-15(19)16(20)8-13/h2-9H,10H2,1H3,(H2,22,24,25,26)/b21-9-. The second kappa shape index (κ2) is 8.66. The van der Waals surface area contributed by atoms with E-state index in [1.54, 1.807) is 25.3 Å². The second-order valence-electron chi connectivity index (χ2n) is 5.55. The summed E-state index contributed by atoms with van der Waals surface area (Å²) in [6, 6.07) is 12.7. The van der Waals surface area contributed by atoms with Crippen LogP contribution in [0.4, 0.5) is 5.82 Å². The molecule has 0 amide bonds. The van der Waals surface area contributed by atoms with Crippen LogP contribution in [-0.2, 0) is 6.61 Å². The van der Waals surface area contributed by atoms with Gasteiger partial charge in [0.1, 0.15) is 18.1 Å². The Kier molecular flexibility index (Phi) is 6.05. The molecular formula is C18H15Cl2N5O2. The zero-order valence-electron chi connectivity index (χ0n) is 14.2. The molecule has 138 valence electrons. The fraction of sp³-hybridized carbons (Fsp3) is 0.111. The molecule has 0 saturated heterocycles. The van der Waals surface area contributed by atoms with Gasteiger partial charge in [-0.1, -0.05) is 29.3 Å². The van der Waals surface area contributed by atoms with Crippen molar-refractivity contribution in [1.82, 2.24) is 15.2 Å². The van der Waals surface area contributed by atoms with Gasteiger partial charge in [-0.2, -0.15) is 15.2 Å². The third kappa shape index (κ3) is 5.29. The third-order valence-corrected chi connectivity index (χ3v) is 4.27. The van der Waals surface area contributed by atoms with Crippen molar-refractivity contribution in [2.24, 2.45) is 5.10 Å². The summed E-state index contributed by atoms with van der Waals surface area (Å²) in [5.41, 5.74) is 4.47. The van der Waals surface area contributed by atoms with E-state index in [2.05, 4.69) is 25.7 Å². The molecule has 1 heterocycles. The van der Waals surface area contributed by atoms with Crippen LogP contribution in [0.25, 0.3) is 0 Å². The van der Waals surface area contributed by atoms with Gasteiger partial charge in [-0.25, -0.2) is 9.89 Å². The molecule has 2 aromatic carbocycles. The van der Waals surface area contributed by atoms with Gasteiger partial charge >= 0.3 is 5.69 Å². The number of hydrazone groups is 1. The minimum Gasteiger partial charge on any atom is -0.489 e. The molecule has 0 fully saturated rings. The smallest absolute Gasteiger partial charge is 0.363 e. The number of anilines is 1. The van der Waals surface area contributed by atoms with E-state index in [0.29, 0.717) is 33.9 Å². The summed E-state index contributed by atoms with van der Waals surface area (Å²) < 4.78 is 5.73. The number of rotatable bonds is 6. The van der Waals surface area contributed by atoms with E-state index in [0.717, 1.165) is 11.1 Å². The van der Waals surface area contributed by atoms with Gasteiger partial charge in [0.25, 0.3) is 0 Å². The van der Waals surface area contributed by atoms with Crippen LogP contribution in [0, 0.1) is 6.92 Å². The van der Waals surface area contributed by atoms with Gasteiger partial charge in [0.2, 0.25) is 0 Å². The van der Waals surface area contributed by atoms with Crippen LogP contribution in [0.2, 0.25) is 10.0 Å². The molecule has 27 heavy (non-hydrogen) atoms. The highest BCUT2D eigenvalue weighted by atomic mass is 35.5. The quantitative estimate of drug-likeness (QED) is 0.482. The van der Waals surface area contributed by atoms with Crippen molar-refractivity contribution in [2.75, 3.05) is 5.43 Å². The largest absolute Gasteiger partial charge is 0.489 e. The molecule has 9 heteroatoms. The molecule has 0 spiro atoms. The van der Waals surface area contributed by atoms with Crippen molar-refractivity contribution in [3.8, 4) is 5.75 Å². The Balaban J connectivity index is 1.57. The number of ether oxygens (including phenoxy) is 1. The average Bonchev–Trinajstić information content (AvgIpc) is 2.66. The molecule has 0 atom stereocenters. The van der Waals surface area contributed by atoms with Gasteiger partial charge < -0.3 is 4.74 Å². The van der Waals surface area contributed by atoms with Gasteiger partial charge in [0.05, 0.1) is 16.3 Å². The summed E-state index contributed by atoms with van der Waals surface area (Å²) in [7, 11) is 0. The van der Waals surface area contributed by atoms with Crippen LogP contribution >= 0.6 is 23.2 Å². The van der Waals surface area contributed by atoms with E-state index in [1.165, 1.54) is 0 Å². The van der Waals surface area contributed by atoms with E-state index >= 15 is 0 Å². The number of halogens is 2. The minimum atomic E-state index is -0.540. The predicted octanol–water partition coefficient (Wildman–Crippen LogP) is 3.81. The molecular weight excluding hydrogens is 389 g/mol. The van der Waals surface area contributed by atoms with Crippen molar-refractivity contribution >= 4 is 35.2 Å². The highest BCUT2D eigenvalue weighted by Crippen LogP contribution is 2.23. The fourth-order valence-electron chi connectivity index (χ4n) is 2.11. The summed E-state index contributed by atoms with van der Waals surface area (Å²) in [6.45, 7) is 2.09. The minimum absolute atomic E-state index is 0.302. The fourth-order valence-corrected chi connectivity index (χ4v) is 2.43. The zero-order valence-corrected chi connectivity index (χ0v) is 15.8. The first-order valence-corrected chi connectivity index (χ1v) is 8.66. The molecule has 7 nitrogen and oxygen atoms in total. The summed E-state index contributed by atoms with van der Waals surface area (Å²) in [5, 5.41) is 11.1. The Morgan fingerprint density at radius 2 is 1.96 bits per heavy atom. The second-order valence-corrected chi connectivity index (χ2v) is 6.37. The monoisotopic (exact) mass is 403 g/mol. The number of hydrogen-bond acceptors (Lipinski definition) is 6. The number of hydrogen-bond donors (Lipinski definition) is 2. The Hall–Kier alpha value is -2.90. The molecule has 3 aromatic rings. The Morgan fingerprint density at radius 3 is 2.70 bits per heavy atom.